The minimum absolute atomic E-state index is 0.249. The van der Waals surface area contributed by atoms with Crippen molar-refractivity contribution in [2.75, 3.05) is 40.1 Å². The summed E-state index contributed by atoms with van der Waals surface area (Å²) in [5, 5.41) is 0. The third kappa shape index (κ3) is 11.2. The summed E-state index contributed by atoms with van der Waals surface area (Å²) in [7, 11) is 0.329. The number of rotatable bonds is 12. The van der Waals surface area contributed by atoms with Gasteiger partial charge < -0.3 is 18.6 Å². The second kappa shape index (κ2) is 11.0. The van der Waals surface area contributed by atoms with Crippen LogP contribution in [0.5, 0.6) is 0 Å². The Morgan fingerprint density at radius 2 is 1.60 bits per heavy atom. The number of carbonyl (C=O) groups is 1. The van der Waals surface area contributed by atoms with Crippen LogP contribution >= 0.6 is 0 Å². The largest absolute Gasteiger partial charge is 0.460 e. The maximum atomic E-state index is 11.0. The molecular formula is C14H28O5Si. The van der Waals surface area contributed by atoms with Gasteiger partial charge in [-0.05, 0) is 32.5 Å². The zero-order chi connectivity index (χ0) is 15.4. The van der Waals surface area contributed by atoms with E-state index in [-0.39, 0.29) is 12.6 Å². The lowest BCUT2D eigenvalue weighted by Crippen LogP contribution is -2.28. The van der Waals surface area contributed by atoms with Crippen LogP contribution < -0.4 is 0 Å². The molecule has 0 heterocycles. The molecule has 6 heteroatoms. The van der Waals surface area contributed by atoms with Gasteiger partial charge >= 0.3 is 5.97 Å². The van der Waals surface area contributed by atoms with Crippen LogP contribution in [0.4, 0.5) is 0 Å². The molecule has 0 N–H and O–H groups in total. The van der Waals surface area contributed by atoms with Gasteiger partial charge in [-0.25, -0.2) is 4.79 Å². The summed E-state index contributed by atoms with van der Waals surface area (Å²) in [5.74, 6) is -0.380. The fourth-order valence-corrected chi connectivity index (χ4v) is 2.54. The van der Waals surface area contributed by atoms with Gasteiger partial charge in [0.1, 0.15) is 6.61 Å². The first-order valence-electron chi connectivity index (χ1n) is 6.92. The summed E-state index contributed by atoms with van der Waals surface area (Å²) in [4.78, 5) is 11.0. The zero-order valence-corrected chi connectivity index (χ0v) is 14.2. The van der Waals surface area contributed by atoms with E-state index in [1.807, 2.05) is 0 Å². The quantitative estimate of drug-likeness (QED) is 0.240. The molecule has 0 aliphatic heterocycles. The Bertz CT molecular complexity index is 291. The van der Waals surface area contributed by atoms with Crippen LogP contribution in [0, 0.1) is 0 Å². The number of hydrogen-bond acceptors (Lipinski definition) is 5. The first-order chi connectivity index (χ1) is 9.39. The van der Waals surface area contributed by atoms with Crippen molar-refractivity contribution in [1.82, 2.24) is 0 Å². The minimum Gasteiger partial charge on any atom is -0.460 e. The van der Waals surface area contributed by atoms with Crippen LogP contribution in [-0.4, -0.2) is 54.4 Å². The van der Waals surface area contributed by atoms with Gasteiger partial charge in [0.05, 0.1) is 19.8 Å². The molecule has 0 fully saturated rings. The molecule has 0 aliphatic rings. The Labute approximate surface area is 123 Å². The van der Waals surface area contributed by atoms with Crippen molar-refractivity contribution >= 4 is 14.3 Å². The van der Waals surface area contributed by atoms with E-state index in [9.17, 15) is 4.79 Å². The second-order valence-corrected chi connectivity index (χ2v) is 9.64. The van der Waals surface area contributed by atoms with Gasteiger partial charge in [-0.2, -0.15) is 0 Å². The molecule has 5 nitrogen and oxygen atoms in total. The van der Waals surface area contributed by atoms with Gasteiger partial charge in [-0.1, -0.05) is 6.58 Å². The topological polar surface area (TPSA) is 54.0 Å². The highest BCUT2D eigenvalue weighted by atomic mass is 28.4. The highest BCUT2D eigenvalue weighted by molar-refractivity contribution is 6.71. The van der Waals surface area contributed by atoms with Gasteiger partial charge in [0.15, 0.2) is 8.32 Å². The smallest absolute Gasteiger partial charge is 0.333 e. The molecule has 0 aliphatic carbocycles. The van der Waals surface area contributed by atoms with Gasteiger partial charge in [0.25, 0.3) is 0 Å². The first kappa shape index (κ1) is 19.3. The van der Waals surface area contributed by atoms with E-state index >= 15 is 0 Å². The van der Waals surface area contributed by atoms with E-state index in [1.165, 1.54) is 0 Å². The van der Waals surface area contributed by atoms with Crippen molar-refractivity contribution < 1.29 is 23.4 Å². The molecule has 20 heavy (non-hydrogen) atoms. The van der Waals surface area contributed by atoms with Crippen molar-refractivity contribution in [3.8, 4) is 0 Å². The van der Waals surface area contributed by atoms with Gasteiger partial charge in [0.2, 0.25) is 0 Å². The Hall–Kier alpha value is -0.693. The SMILES string of the molecule is C=C(C)C(=O)OCCOCCOCCC[Si](C)(C)OC. The van der Waals surface area contributed by atoms with Crippen LogP contribution in [0.15, 0.2) is 12.2 Å². The van der Waals surface area contributed by atoms with E-state index in [4.69, 9.17) is 18.6 Å². The normalized spacial score (nSPS) is 11.4. The number of hydrogen-bond donors (Lipinski definition) is 0. The molecule has 0 bridgehead atoms. The van der Waals surface area contributed by atoms with E-state index in [0.717, 1.165) is 19.1 Å². The van der Waals surface area contributed by atoms with Crippen LogP contribution in [0.1, 0.15) is 13.3 Å². The van der Waals surface area contributed by atoms with E-state index in [2.05, 4.69) is 19.7 Å². The summed E-state index contributed by atoms with van der Waals surface area (Å²) in [6, 6.07) is 1.10. The Kier molecular flexibility index (Phi) is 10.6. The molecule has 0 unspecified atom stereocenters. The van der Waals surface area contributed by atoms with Crippen molar-refractivity contribution in [3.63, 3.8) is 0 Å². The van der Waals surface area contributed by atoms with E-state index < -0.39 is 8.32 Å². The molecule has 0 amide bonds. The van der Waals surface area contributed by atoms with Crippen LogP contribution in [0.2, 0.25) is 19.1 Å². The average molecular weight is 304 g/mol. The molecule has 0 rings (SSSR count). The Morgan fingerprint density at radius 3 is 2.15 bits per heavy atom. The third-order valence-electron chi connectivity index (χ3n) is 2.80. The molecule has 0 aromatic carbocycles. The van der Waals surface area contributed by atoms with Crippen LogP contribution in [-0.2, 0) is 23.4 Å². The van der Waals surface area contributed by atoms with Crippen molar-refractivity contribution in [2.45, 2.75) is 32.5 Å². The standard InChI is InChI=1S/C14H28O5Si/c1-13(2)14(15)19-11-10-18-9-8-17-7-6-12-20(4,5)16-3/h1,6-12H2,2-5H3. The maximum Gasteiger partial charge on any atom is 0.333 e. The summed E-state index contributed by atoms with van der Waals surface area (Å²) in [5.41, 5.74) is 0.399. The Balaban J connectivity index is 3.25. The summed E-state index contributed by atoms with van der Waals surface area (Å²) >= 11 is 0. The Morgan fingerprint density at radius 1 is 1.05 bits per heavy atom. The predicted molar refractivity (Wildman–Crippen MR) is 81.3 cm³/mol. The number of esters is 1. The molecular weight excluding hydrogens is 276 g/mol. The maximum absolute atomic E-state index is 11.0. The third-order valence-corrected chi connectivity index (χ3v) is 5.46. The lowest BCUT2D eigenvalue weighted by atomic mass is 10.4. The molecule has 0 spiro atoms. The molecule has 0 aromatic rings. The van der Waals surface area contributed by atoms with Gasteiger partial charge in [0, 0.05) is 19.3 Å². The van der Waals surface area contributed by atoms with Crippen molar-refractivity contribution in [2.24, 2.45) is 0 Å². The highest BCUT2D eigenvalue weighted by Gasteiger charge is 2.19. The lowest BCUT2D eigenvalue weighted by Gasteiger charge is -2.19. The monoisotopic (exact) mass is 304 g/mol. The van der Waals surface area contributed by atoms with Crippen molar-refractivity contribution in [1.29, 1.82) is 0 Å². The summed E-state index contributed by atoms with van der Waals surface area (Å²) < 4.78 is 21.1. The van der Waals surface area contributed by atoms with E-state index in [1.54, 1.807) is 14.0 Å². The fourth-order valence-electron chi connectivity index (χ4n) is 1.34. The van der Waals surface area contributed by atoms with E-state index in [0.29, 0.717) is 25.4 Å². The molecule has 0 saturated carbocycles. The van der Waals surface area contributed by atoms with Gasteiger partial charge in [-0.15, -0.1) is 0 Å². The minimum atomic E-state index is -1.45. The summed E-state index contributed by atoms with van der Waals surface area (Å²) in [6.45, 7) is 11.9. The molecule has 118 valence electrons. The van der Waals surface area contributed by atoms with Crippen molar-refractivity contribution in [3.05, 3.63) is 12.2 Å². The van der Waals surface area contributed by atoms with Crippen LogP contribution in [0.25, 0.3) is 0 Å². The fraction of sp³-hybridized carbons (Fsp3) is 0.786. The summed E-state index contributed by atoms with van der Waals surface area (Å²) in [6.07, 6.45) is 1.02. The first-order valence-corrected chi connectivity index (χ1v) is 10.0. The molecule has 0 radical (unpaired) electrons. The lowest BCUT2D eigenvalue weighted by molar-refractivity contribution is -0.140. The number of ether oxygens (including phenoxy) is 3. The molecule has 0 saturated heterocycles. The second-order valence-electron chi connectivity index (χ2n) is 5.21. The van der Waals surface area contributed by atoms with Gasteiger partial charge in [-0.3, -0.25) is 0 Å². The average Bonchev–Trinajstić information content (AvgIpc) is 2.40. The highest BCUT2D eigenvalue weighted by Crippen LogP contribution is 2.11. The number of carbonyl (C=O) groups excluding carboxylic acids is 1. The predicted octanol–water partition coefficient (Wildman–Crippen LogP) is 2.38. The zero-order valence-electron chi connectivity index (χ0n) is 13.2. The molecule has 0 atom stereocenters. The van der Waals surface area contributed by atoms with Crippen LogP contribution in [0.3, 0.4) is 0 Å². The molecule has 0 aromatic heterocycles.